The van der Waals surface area contributed by atoms with Crippen LogP contribution in [0.2, 0.25) is 0 Å². The highest BCUT2D eigenvalue weighted by molar-refractivity contribution is 9.11. The Labute approximate surface area is 132 Å². The highest BCUT2D eigenvalue weighted by atomic mass is 79.9. The standard InChI is InChI=1S/C15H20Br2O2/c1-2-12(17)13-7-3-4-8-14-15(19-13)10-11(18-14)6-5-9-16/h3-4,6,9,11-15H,2,7-8,10H2,1H3/b4-3-. The lowest BCUT2D eigenvalue weighted by molar-refractivity contribution is -0.0540. The zero-order valence-corrected chi connectivity index (χ0v) is 14.3. The van der Waals surface area contributed by atoms with Gasteiger partial charge in [-0.1, -0.05) is 50.9 Å². The molecule has 1 fully saturated rings. The Kier molecular flexibility index (Phi) is 6.37. The van der Waals surface area contributed by atoms with Crippen molar-refractivity contribution in [2.24, 2.45) is 0 Å². The predicted molar refractivity (Wildman–Crippen MR) is 84.9 cm³/mol. The minimum absolute atomic E-state index is 0.117. The summed E-state index contributed by atoms with van der Waals surface area (Å²) in [5, 5.41) is 0. The molecule has 0 radical (unpaired) electrons. The van der Waals surface area contributed by atoms with Gasteiger partial charge in [-0.2, -0.15) is 0 Å². The number of halogens is 2. The van der Waals surface area contributed by atoms with E-state index in [4.69, 9.17) is 9.47 Å². The molecule has 0 bridgehead atoms. The number of hydrogen-bond acceptors (Lipinski definition) is 2. The maximum Gasteiger partial charge on any atom is 0.0880 e. The normalized spacial score (nSPS) is 37.4. The van der Waals surface area contributed by atoms with Gasteiger partial charge in [-0.25, -0.2) is 0 Å². The van der Waals surface area contributed by atoms with E-state index in [1.807, 2.05) is 6.08 Å². The molecule has 2 nitrogen and oxygen atoms in total. The molecule has 0 aromatic heterocycles. The van der Waals surface area contributed by atoms with Crippen molar-refractivity contribution in [3.05, 3.63) is 28.9 Å². The van der Waals surface area contributed by atoms with E-state index < -0.39 is 0 Å². The summed E-state index contributed by atoms with van der Waals surface area (Å²) in [6.45, 7) is 2.18. The van der Waals surface area contributed by atoms with Gasteiger partial charge in [-0.15, -0.1) is 5.73 Å². The summed E-state index contributed by atoms with van der Waals surface area (Å²) < 4.78 is 12.3. The third kappa shape index (κ3) is 4.30. The number of ether oxygens (including phenoxy) is 2. The van der Waals surface area contributed by atoms with Crippen molar-refractivity contribution in [3.63, 3.8) is 0 Å². The van der Waals surface area contributed by atoms with Gasteiger partial charge in [0.25, 0.3) is 0 Å². The summed E-state index contributed by atoms with van der Waals surface area (Å²) >= 11 is 6.95. The van der Waals surface area contributed by atoms with Gasteiger partial charge >= 0.3 is 0 Å². The van der Waals surface area contributed by atoms with E-state index in [2.05, 4.69) is 56.7 Å². The third-order valence-corrected chi connectivity index (χ3v) is 5.12. The lowest BCUT2D eigenvalue weighted by Crippen LogP contribution is -2.34. The molecule has 0 saturated carbocycles. The molecule has 5 atom stereocenters. The van der Waals surface area contributed by atoms with E-state index in [1.54, 1.807) is 4.99 Å². The second kappa shape index (κ2) is 7.80. The molecule has 1 saturated heterocycles. The molecule has 0 amide bonds. The predicted octanol–water partition coefficient (Wildman–Crippen LogP) is 4.48. The van der Waals surface area contributed by atoms with E-state index in [0.717, 1.165) is 25.7 Å². The van der Waals surface area contributed by atoms with Crippen LogP contribution in [-0.2, 0) is 9.47 Å². The zero-order valence-electron chi connectivity index (χ0n) is 11.1. The maximum atomic E-state index is 6.29. The first-order valence-corrected chi connectivity index (χ1v) is 8.69. The lowest BCUT2D eigenvalue weighted by Gasteiger charge is -2.28. The second-order valence-electron chi connectivity index (χ2n) is 4.97. The zero-order chi connectivity index (χ0) is 13.7. The van der Waals surface area contributed by atoms with E-state index in [0.29, 0.717) is 4.83 Å². The van der Waals surface area contributed by atoms with Crippen LogP contribution in [0.5, 0.6) is 0 Å². The van der Waals surface area contributed by atoms with Crippen LogP contribution in [0, 0.1) is 0 Å². The first-order valence-electron chi connectivity index (χ1n) is 6.85. The van der Waals surface area contributed by atoms with Crippen molar-refractivity contribution >= 4 is 31.9 Å². The molecule has 2 aliphatic rings. The molecule has 0 aromatic rings. The topological polar surface area (TPSA) is 18.5 Å². The fourth-order valence-electron chi connectivity index (χ4n) is 2.59. The van der Waals surface area contributed by atoms with Gasteiger partial charge in [-0.3, -0.25) is 0 Å². The van der Waals surface area contributed by atoms with Gasteiger partial charge in [0, 0.05) is 16.2 Å². The Morgan fingerprint density at radius 2 is 2.11 bits per heavy atom. The number of rotatable bonds is 3. The molecular weight excluding hydrogens is 372 g/mol. The van der Waals surface area contributed by atoms with Gasteiger partial charge < -0.3 is 9.47 Å². The quantitative estimate of drug-likeness (QED) is 0.401. The van der Waals surface area contributed by atoms with Gasteiger partial charge in [0.05, 0.1) is 24.4 Å². The molecule has 5 unspecified atom stereocenters. The Bertz CT molecular complexity index is 374. The van der Waals surface area contributed by atoms with Crippen LogP contribution in [0.3, 0.4) is 0 Å². The average Bonchev–Trinajstić information content (AvgIpc) is 2.77. The third-order valence-electron chi connectivity index (χ3n) is 3.62. The summed E-state index contributed by atoms with van der Waals surface area (Å²) in [5.41, 5.74) is 3.04. The van der Waals surface area contributed by atoms with Crippen LogP contribution in [0.25, 0.3) is 0 Å². The lowest BCUT2D eigenvalue weighted by atomic mass is 10.0. The Hall–Kier alpha value is 0.140. The molecule has 2 aliphatic heterocycles. The van der Waals surface area contributed by atoms with Crippen LogP contribution in [0.15, 0.2) is 28.9 Å². The summed E-state index contributed by atoms with van der Waals surface area (Å²) in [5.74, 6) is 0. The van der Waals surface area contributed by atoms with Crippen LogP contribution in [0.1, 0.15) is 32.6 Å². The van der Waals surface area contributed by atoms with Crippen LogP contribution < -0.4 is 0 Å². The fraction of sp³-hybridized carbons (Fsp3) is 0.667. The van der Waals surface area contributed by atoms with E-state index in [-0.39, 0.29) is 24.4 Å². The van der Waals surface area contributed by atoms with Gasteiger partial charge in [0.15, 0.2) is 0 Å². The maximum absolute atomic E-state index is 6.29. The highest BCUT2D eigenvalue weighted by Crippen LogP contribution is 2.31. The van der Waals surface area contributed by atoms with Crippen LogP contribution >= 0.6 is 31.9 Å². The molecule has 106 valence electrons. The first kappa shape index (κ1) is 15.5. The summed E-state index contributed by atoms with van der Waals surface area (Å²) in [6.07, 6.45) is 11.1. The van der Waals surface area contributed by atoms with Crippen molar-refractivity contribution in [1.82, 2.24) is 0 Å². The van der Waals surface area contributed by atoms with Crippen LogP contribution in [-0.4, -0.2) is 29.2 Å². The SMILES string of the molecule is CCC(Br)C1C/C=C\CC2OC(C=C=CBr)CC2O1. The van der Waals surface area contributed by atoms with Crippen LogP contribution in [0.4, 0.5) is 0 Å². The van der Waals surface area contributed by atoms with E-state index in [1.165, 1.54) is 0 Å². The summed E-state index contributed by atoms with van der Waals surface area (Å²) in [4.78, 5) is 2.14. The monoisotopic (exact) mass is 390 g/mol. The molecule has 0 aliphatic carbocycles. The van der Waals surface area contributed by atoms with Crippen molar-refractivity contribution in [1.29, 1.82) is 0 Å². The second-order valence-corrected chi connectivity index (χ2v) is 6.61. The Morgan fingerprint density at radius 3 is 2.84 bits per heavy atom. The minimum atomic E-state index is 0.117. The van der Waals surface area contributed by atoms with Gasteiger partial charge in [0.2, 0.25) is 0 Å². The molecule has 2 rings (SSSR count). The molecule has 4 heteroatoms. The average molecular weight is 392 g/mol. The smallest absolute Gasteiger partial charge is 0.0880 e. The summed E-state index contributed by atoms with van der Waals surface area (Å²) in [7, 11) is 0. The molecule has 0 N–H and O–H groups in total. The highest BCUT2D eigenvalue weighted by Gasteiger charge is 2.37. The molecule has 0 spiro atoms. The fourth-order valence-corrected chi connectivity index (χ4v) is 3.08. The largest absolute Gasteiger partial charge is 0.371 e. The van der Waals surface area contributed by atoms with E-state index in [9.17, 15) is 0 Å². The van der Waals surface area contributed by atoms with Gasteiger partial charge in [0.1, 0.15) is 0 Å². The number of alkyl halides is 1. The molecule has 0 aromatic carbocycles. The number of hydrogen-bond donors (Lipinski definition) is 0. The molecular formula is C15H20Br2O2. The Morgan fingerprint density at radius 1 is 1.32 bits per heavy atom. The molecule has 2 heterocycles. The Balaban J connectivity index is 2.04. The molecule has 19 heavy (non-hydrogen) atoms. The van der Waals surface area contributed by atoms with Crippen molar-refractivity contribution < 1.29 is 9.47 Å². The van der Waals surface area contributed by atoms with Crippen molar-refractivity contribution in [2.45, 2.75) is 61.9 Å². The van der Waals surface area contributed by atoms with E-state index >= 15 is 0 Å². The van der Waals surface area contributed by atoms with Crippen molar-refractivity contribution in [2.75, 3.05) is 0 Å². The van der Waals surface area contributed by atoms with Gasteiger partial charge in [-0.05, 0) is 25.3 Å². The van der Waals surface area contributed by atoms with Crippen molar-refractivity contribution in [3.8, 4) is 0 Å². The summed E-state index contributed by atoms with van der Waals surface area (Å²) in [6, 6.07) is 0. The number of fused-ring (bicyclic) bond motifs is 1. The first-order chi connectivity index (χ1) is 9.24. The minimum Gasteiger partial charge on any atom is -0.371 e.